The van der Waals surface area contributed by atoms with Crippen LogP contribution in [0.3, 0.4) is 0 Å². The summed E-state index contributed by atoms with van der Waals surface area (Å²) >= 11 is 6.07. The summed E-state index contributed by atoms with van der Waals surface area (Å²) < 4.78 is 2.00. The molecule has 0 aliphatic heterocycles. The highest BCUT2D eigenvalue weighted by atomic mass is 35.5. The van der Waals surface area contributed by atoms with Crippen molar-refractivity contribution < 1.29 is 4.92 Å². The molecule has 3 rings (SSSR count). The van der Waals surface area contributed by atoms with Crippen molar-refractivity contribution in [2.24, 2.45) is 0 Å². The van der Waals surface area contributed by atoms with E-state index in [0.717, 1.165) is 12.1 Å². The Morgan fingerprint density at radius 1 is 1.17 bits per heavy atom. The fourth-order valence-corrected chi connectivity index (χ4v) is 2.55. The zero-order valence-electron chi connectivity index (χ0n) is 12.7. The van der Waals surface area contributed by atoms with E-state index >= 15 is 0 Å². The predicted octanol–water partition coefficient (Wildman–Crippen LogP) is 4.11. The Morgan fingerprint density at radius 2 is 1.92 bits per heavy atom. The van der Waals surface area contributed by atoms with E-state index in [4.69, 9.17) is 11.6 Å². The Labute approximate surface area is 143 Å². The fourth-order valence-electron chi connectivity index (χ4n) is 2.31. The van der Waals surface area contributed by atoms with E-state index in [2.05, 4.69) is 22.4 Å². The van der Waals surface area contributed by atoms with Gasteiger partial charge in [-0.25, -0.2) is 4.98 Å². The quantitative estimate of drug-likeness (QED) is 0.540. The van der Waals surface area contributed by atoms with Gasteiger partial charge < -0.3 is 9.88 Å². The van der Waals surface area contributed by atoms with Gasteiger partial charge in [0, 0.05) is 37.6 Å². The maximum absolute atomic E-state index is 10.7. The summed E-state index contributed by atoms with van der Waals surface area (Å²) in [6.07, 6.45) is 5.46. The minimum atomic E-state index is -0.464. The van der Waals surface area contributed by atoms with Crippen molar-refractivity contribution in [3.05, 3.63) is 87.4 Å². The topological polar surface area (TPSA) is 73.0 Å². The second-order valence-electron chi connectivity index (χ2n) is 5.33. The van der Waals surface area contributed by atoms with E-state index in [1.807, 2.05) is 22.9 Å². The molecule has 0 saturated carbocycles. The first-order valence-corrected chi connectivity index (χ1v) is 7.71. The lowest BCUT2D eigenvalue weighted by Crippen LogP contribution is -2.01. The van der Waals surface area contributed by atoms with Gasteiger partial charge in [-0.3, -0.25) is 10.1 Å². The number of nitro groups is 1. The molecule has 122 valence electrons. The van der Waals surface area contributed by atoms with Gasteiger partial charge in [0.05, 0.1) is 22.0 Å². The molecule has 1 heterocycles. The van der Waals surface area contributed by atoms with Gasteiger partial charge in [-0.1, -0.05) is 35.9 Å². The summed E-state index contributed by atoms with van der Waals surface area (Å²) in [6.45, 7) is 1.37. The van der Waals surface area contributed by atoms with Gasteiger partial charge in [0.25, 0.3) is 5.69 Å². The number of imidazole rings is 1. The van der Waals surface area contributed by atoms with E-state index in [-0.39, 0.29) is 5.69 Å². The minimum Gasteiger partial charge on any atom is -0.380 e. The Balaban J connectivity index is 1.61. The Bertz CT molecular complexity index is 832. The van der Waals surface area contributed by atoms with E-state index < -0.39 is 4.92 Å². The number of rotatable bonds is 6. The first-order valence-electron chi connectivity index (χ1n) is 7.33. The third-order valence-electron chi connectivity index (χ3n) is 3.59. The van der Waals surface area contributed by atoms with Crippen LogP contribution in [0.4, 0.5) is 11.4 Å². The SMILES string of the molecule is O=[N+]([O-])c1ccc(NCc2ccc(Cn3ccnc3)cc2)c(Cl)c1. The molecule has 1 N–H and O–H groups in total. The van der Waals surface area contributed by atoms with Crippen LogP contribution in [0.5, 0.6) is 0 Å². The molecule has 0 spiro atoms. The average Bonchev–Trinajstić information content (AvgIpc) is 3.08. The molecule has 7 heteroatoms. The van der Waals surface area contributed by atoms with Crippen LogP contribution >= 0.6 is 11.6 Å². The van der Waals surface area contributed by atoms with Crippen LogP contribution in [0.15, 0.2) is 61.2 Å². The van der Waals surface area contributed by atoms with E-state index in [0.29, 0.717) is 17.3 Å². The van der Waals surface area contributed by atoms with Crippen molar-refractivity contribution in [3.63, 3.8) is 0 Å². The van der Waals surface area contributed by atoms with Crippen LogP contribution in [0.2, 0.25) is 5.02 Å². The first-order chi connectivity index (χ1) is 11.6. The van der Waals surface area contributed by atoms with Crippen LogP contribution in [0, 0.1) is 10.1 Å². The van der Waals surface area contributed by atoms with E-state index in [9.17, 15) is 10.1 Å². The molecule has 0 radical (unpaired) electrons. The zero-order valence-corrected chi connectivity index (χ0v) is 13.5. The second-order valence-corrected chi connectivity index (χ2v) is 5.73. The van der Waals surface area contributed by atoms with Crippen LogP contribution in [-0.4, -0.2) is 14.5 Å². The highest BCUT2D eigenvalue weighted by molar-refractivity contribution is 6.33. The number of nitro benzene ring substituents is 1. The summed E-state index contributed by atoms with van der Waals surface area (Å²) in [6, 6.07) is 12.6. The molecule has 0 bridgehead atoms. The largest absolute Gasteiger partial charge is 0.380 e. The summed E-state index contributed by atoms with van der Waals surface area (Å²) in [5.41, 5.74) is 2.93. The number of hydrogen-bond donors (Lipinski definition) is 1. The van der Waals surface area contributed by atoms with Gasteiger partial charge >= 0.3 is 0 Å². The molecule has 0 fully saturated rings. The normalized spacial score (nSPS) is 10.5. The fraction of sp³-hybridized carbons (Fsp3) is 0.118. The number of anilines is 1. The molecule has 2 aromatic carbocycles. The van der Waals surface area contributed by atoms with E-state index in [1.54, 1.807) is 18.6 Å². The Morgan fingerprint density at radius 3 is 2.54 bits per heavy atom. The number of hydrogen-bond acceptors (Lipinski definition) is 4. The molecule has 0 amide bonds. The molecule has 0 atom stereocenters. The van der Waals surface area contributed by atoms with Crippen molar-refractivity contribution in [3.8, 4) is 0 Å². The van der Waals surface area contributed by atoms with Gasteiger partial charge in [-0.05, 0) is 17.2 Å². The molecule has 24 heavy (non-hydrogen) atoms. The summed E-state index contributed by atoms with van der Waals surface area (Å²) in [4.78, 5) is 14.3. The maximum Gasteiger partial charge on any atom is 0.271 e. The monoisotopic (exact) mass is 342 g/mol. The van der Waals surface area contributed by atoms with Crippen LogP contribution in [0.25, 0.3) is 0 Å². The van der Waals surface area contributed by atoms with Gasteiger partial charge in [0.2, 0.25) is 0 Å². The predicted molar refractivity (Wildman–Crippen MR) is 93.2 cm³/mol. The summed E-state index contributed by atoms with van der Waals surface area (Å²) in [7, 11) is 0. The molecule has 0 aliphatic rings. The molecular formula is C17H15ClN4O2. The highest BCUT2D eigenvalue weighted by Crippen LogP contribution is 2.27. The molecule has 0 unspecified atom stereocenters. The van der Waals surface area contributed by atoms with Gasteiger partial charge in [-0.15, -0.1) is 0 Å². The lowest BCUT2D eigenvalue weighted by Gasteiger charge is -2.09. The number of halogens is 1. The first kappa shape index (κ1) is 16.0. The second kappa shape index (κ2) is 7.14. The number of benzene rings is 2. The van der Waals surface area contributed by atoms with E-state index in [1.165, 1.54) is 17.7 Å². The van der Waals surface area contributed by atoms with Gasteiger partial charge in [0.15, 0.2) is 0 Å². The molecule has 3 aromatic rings. The molecular weight excluding hydrogens is 328 g/mol. The maximum atomic E-state index is 10.7. The van der Waals surface area contributed by atoms with Crippen LogP contribution in [-0.2, 0) is 13.1 Å². The molecule has 0 aliphatic carbocycles. The number of nitrogens with zero attached hydrogens (tertiary/aromatic N) is 3. The summed E-state index contributed by atoms with van der Waals surface area (Å²) in [5, 5.41) is 14.2. The van der Waals surface area contributed by atoms with Gasteiger partial charge in [0.1, 0.15) is 0 Å². The standard InChI is InChI=1S/C17H15ClN4O2/c18-16-9-15(22(23)24)5-6-17(16)20-10-13-1-3-14(4-2-13)11-21-8-7-19-12-21/h1-9,12,20H,10-11H2. The molecule has 0 saturated heterocycles. The van der Waals surface area contributed by atoms with Crippen molar-refractivity contribution in [2.45, 2.75) is 13.1 Å². The number of non-ortho nitro benzene ring substituents is 1. The van der Waals surface area contributed by atoms with Crippen molar-refractivity contribution in [2.75, 3.05) is 5.32 Å². The Hall–Kier alpha value is -2.86. The molecule has 1 aromatic heterocycles. The minimum absolute atomic E-state index is 0.0191. The van der Waals surface area contributed by atoms with Gasteiger partial charge in [-0.2, -0.15) is 0 Å². The van der Waals surface area contributed by atoms with Crippen molar-refractivity contribution in [1.29, 1.82) is 0 Å². The number of nitrogens with one attached hydrogen (secondary N) is 1. The third-order valence-corrected chi connectivity index (χ3v) is 3.91. The Kier molecular flexibility index (Phi) is 4.77. The highest BCUT2D eigenvalue weighted by Gasteiger charge is 2.09. The van der Waals surface area contributed by atoms with Crippen LogP contribution < -0.4 is 5.32 Å². The third kappa shape index (κ3) is 3.91. The molecule has 6 nitrogen and oxygen atoms in total. The van der Waals surface area contributed by atoms with Crippen molar-refractivity contribution in [1.82, 2.24) is 9.55 Å². The number of aromatic nitrogens is 2. The summed E-state index contributed by atoms with van der Waals surface area (Å²) in [5.74, 6) is 0. The average molecular weight is 343 g/mol. The lowest BCUT2D eigenvalue weighted by atomic mass is 10.1. The lowest BCUT2D eigenvalue weighted by molar-refractivity contribution is -0.384. The van der Waals surface area contributed by atoms with Crippen LogP contribution in [0.1, 0.15) is 11.1 Å². The van der Waals surface area contributed by atoms with Crippen molar-refractivity contribution >= 4 is 23.0 Å². The zero-order chi connectivity index (χ0) is 16.9. The smallest absolute Gasteiger partial charge is 0.271 e.